The van der Waals surface area contributed by atoms with Gasteiger partial charge in [0.2, 0.25) is 0 Å². The molecule has 2 rings (SSSR count). The van der Waals surface area contributed by atoms with Gasteiger partial charge >= 0.3 is 0 Å². The first-order valence-corrected chi connectivity index (χ1v) is 6.47. The molecule has 0 amide bonds. The van der Waals surface area contributed by atoms with E-state index in [4.69, 9.17) is 5.73 Å². The van der Waals surface area contributed by atoms with Crippen LogP contribution in [0.4, 0.5) is 11.5 Å². The van der Waals surface area contributed by atoms with E-state index in [0.29, 0.717) is 6.04 Å². The number of benzene rings is 1. The fourth-order valence-corrected chi connectivity index (χ4v) is 1.98. The van der Waals surface area contributed by atoms with Crippen molar-refractivity contribution in [1.82, 2.24) is 10.2 Å². The van der Waals surface area contributed by atoms with Gasteiger partial charge in [-0.2, -0.15) is 5.10 Å². The van der Waals surface area contributed by atoms with Crippen LogP contribution in [0, 0.1) is 6.92 Å². The van der Waals surface area contributed by atoms with E-state index in [0.717, 1.165) is 29.2 Å². The van der Waals surface area contributed by atoms with Gasteiger partial charge < -0.3 is 10.6 Å². The van der Waals surface area contributed by atoms with Crippen molar-refractivity contribution in [2.75, 3.05) is 10.6 Å². The molecule has 4 heteroatoms. The lowest BCUT2D eigenvalue weighted by atomic mass is 10.1. The number of aryl methyl sites for hydroxylation is 1. The van der Waals surface area contributed by atoms with E-state index in [-0.39, 0.29) is 0 Å². The van der Waals surface area contributed by atoms with Crippen LogP contribution in [0.2, 0.25) is 0 Å². The minimum Gasteiger partial charge on any atom is -0.398 e. The Morgan fingerprint density at radius 1 is 1.26 bits per heavy atom. The van der Waals surface area contributed by atoms with Crippen molar-refractivity contribution in [1.29, 1.82) is 0 Å². The van der Waals surface area contributed by atoms with Crippen LogP contribution in [0.1, 0.15) is 25.0 Å². The normalized spacial score (nSPS) is 10.7. The molecule has 100 valence electrons. The monoisotopic (exact) mass is 256 g/mol. The molecule has 1 aromatic heterocycles. The van der Waals surface area contributed by atoms with Crippen LogP contribution in [0.25, 0.3) is 0 Å². The van der Waals surface area contributed by atoms with Crippen molar-refractivity contribution in [3.63, 3.8) is 0 Å². The Morgan fingerprint density at radius 2 is 2.00 bits per heavy atom. The molecule has 0 saturated carbocycles. The smallest absolute Gasteiger partial charge is 0.152 e. The number of nitrogens with zero attached hydrogens (tertiary/aromatic N) is 3. The van der Waals surface area contributed by atoms with Gasteiger partial charge in [0.1, 0.15) is 0 Å². The predicted octanol–water partition coefficient (Wildman–Crippen LogP) is 2.78. The molecule has 0 bridgehead atoms. The number of nitrogen functional groups attached to an aromatic ring is 1. The minimum atomic E-state index is 0.329. The maximum absolute atomic E-state index is 6.01. The zero-order valence-corrected chi connectivity index (χ0v) is 11.7. The Kier molecular flexibility index (Phi) is 4.00. The van der Waals surface area contributed by atoms with Gasteiger partial charge in [0.05, 0.1) is 6.20 Å². The number of hydrogen-bond donors (Lipinski definition) is 1. The topological polar surface area (TPSA) is 55.0 Å². The highest BCUT2D eigenvalue weighted by molar-refractivity contribution is 5.50. The van der Waals surface area contributed by atoms with E-state index in [9.17, 15) is 0 Å². The van der Waals surface area contributed by atoms with Crippen LogP contribution in [-0.4, -0.2) is 16.2 Å². The second-order valence-electron chi connectivity index (χ2n) is 5.01. The summed E-state index contributed by atoms with van der Waals surface area (Å²) in [4.78, 5) is 2.20. The van der Waals surface area contributed by atoms with Crippen LogP contribution >= 0.6 is 0 Å². The fraction of sp³-hybridized carbons (Fsp3) is 0.333. The third kappa shape index (κ3) is 3.22. The number of anilines is 2. The zero-order valence-electron chi connectivity index (χ0n) is 11.7. The second-order valence-corrected chi connectivity index (χ2v) is 5.01. The summed E-state index contributed by atoms with van der Waals surface area (Å²) < 4.78 is 0. The van der Waals surface area contributed by atoms with E-state index in [1.807, 2.05) is 37.3 Å². The van der Waals surface area contributed by atoms with E-state index >= 15 is 0 Å². The Labute approximate surface area is 114 Å². The second kappa shape index (κ2) is 5.69. The summed E-state index contributed by atoms with van der Waals surface area (Å²) in [5.74, 6) is 0.887. The lowest BCUT2D eigenvalue weighted by Gasteiger charge is -2.28. The van der Waals surface area contributed by atoms with Gasteiger partial charge in [0.15, 0.2) is 5.82 Å². The number of rotatable bonds is 4. The average molecular weight is 256 g/mol. The molecular weight excluding hydrogens is 236 g/mol. The molecule has 2 N–H and O–H groups in total. The molecule has 19 heavy (non-hydrogen) atoms. The van der Waals surface area contributed by atoms with Gasteiger partial charge in [-0.15, -0.1) is 5.10 Å². The molecule has 0 radical (unpaired) electrons. The molecule has 2 aromatic rings. The first-order chi connectivity index (χ1) is 9.08. The molecule has 4 nitrogen and oxygen atoms in total. The molecule has 0 atom stereocenters. The molecule has 0 unspecified atom stereocenters. The van der Waals surface area contributed by atoms with Gasteiger partial charge in [-0.3, -0.25) is 0 Å². The largest absolute Gasteiger partial charge is 0.398 e. The lowest BCUT2D eigenvalue weighted by Crippen LogP contribution is -2.31. The summed E-state index contributed by atoms with van der Waals surface area (Å²) >= 11 is 0. The van der Waals surface area contributed by atoms with Crippen molar-refractivity contribution in [2.24, 2.45) is 0 Å². The van der Waals surface area contributed by atoms with Crippen molar-refractivity contribution in [3.05, 3.63) is 47.7 Å². The van der Waals surface area contributed by atoms with Crippen LogP contribution < -0.4 is 10.6 Å². The Bertz CT molecular complexity index is 551. The zero-order chi connectivity index (χ0) is 13.8. The summed E-state index contributed by atoms with van der Waals surface area (Å²) in [6.07, 6.45) is 1.76. The number of para-hydroxylation sites is 1. The van der Waals surface area contributed by atoms with Crippen molar-refractivity contribution >= 4 is 11.5 Å². The van der Waals surface area contributed by atoms with Gasteiger partial charge in [-0.05, 0) is 44.0 Å². The minimum absolute atomic E-state index is 0.329. The van der Waals surface area contributed by atoms with Gasteiger partial charge in [-0.25, -0.2) is 0 Å². The van der Waals surface area contributed by atoms with Crippen LogP contribution in [0.15, 0.2) is 36.5 Å². The molecule has 0 aliphatic heterocycles. The van der Waals surface area contributed by atoms with Gasteiger partial charge in [0.25, 0.3) is 0 Å². The highest BCUT2D eigenvalue weighted by Crippen LogP contribution is 2.20. The van der Waals surface area contributed by atoms with Crippen molar-refractivity contribution in [3.8, 4) is 0 Å². The van der Waals surface area contributed by atoms with Crippen LogP contribution in [0.3, 0.4) is 0 Å². The van der Waals surface area contributed by atoms with Crippen LogP contribution in [-0.2, 0) is 6.54 Å². The molecule has 1 heterocycles. The summed E-state index contributed by atoms with van der Waals surface area (Å²) in [7, 11) is 0. The Morgan fingerprint density at radius 3 is 2.63 bits per heavy atom. The third-order valence-electron chi connectivity index (χ3n) is 3.09. The summed E-state index contributed by atoms with van der Waals surface area (Å²) in [5.41, 5.74) is 9.05. The quantitative estimate of drug-likeness (QED) is 0.855. The summed E-state index contributed by atoms with van der Waals surface area (Å²) in [6.45, 7) is 7.04. The van der Waals surface area contributed by atoms with E-state index in [2.05, 4.69) is 28.9 Å². The Hall–Kier alpha value is -2.10. The standard InChI is InChI=1S/C15H20N4/c1-11(2)19(15-8-12(3)9-17-18-15)10-13-6-4-5-7-14(13)16/h4-9,11H,10,16H2,1-3H3. The molecule has 0 aliphatic carbocycles. The van der Waals surface area contributed by atoms with E-state index < -0.39 is 0 Å². The maximum Gasteiger partial charge on any atom is 0.152 e. The SMILES string of the molecule is Cc1cnnc(N(Cc2ccccc2N)C(C)C)c1. The van der Waals surface area contributed by atoms with E-state index in [1.54, 1.807) is 6.20 Å². The molecule has 0 spiro atoms. The number of hydrogen-bond acceptors (Lipinski definition) is 4. The van der Waals surface area contributed by atoms with Crippen LogP contribution in [0.5, 0.6) is 0 Å². The predicted molar refractivity (Wildman–Crippen MR) is 78.9 cm³/mol. The highest BCUT2D eigenvalue weighted by atomic mass is 15.3. The lowest BCUT2D eigenvalue weighted by molar-refractivity contribution is 0.666. The van der Waals surface area contributed by atoms with E-state index in [1.165, 1.54) is 0 Å². The number of aromatic nitrogens is 2. The molecule has 0 aliphatic rings. The molecular formula is C15H20N4. The fourth-order valence-electron chi connectivity index (χ4n) is 1.98. The molecule has 1 aromatic carbocycles. The van der Waals surface area contributed by atoms with Gasteiger partial charge in [-0.1, -0.05) is 18.2 Å². The third-order valence-corrected chi connectivity index (χ3v) is 3.09. The van der Waals surface area contributed by atoms with Crippen molar-refractivity contribution in [2.45, 2.75) is 33.4 Å². The maximum atomic E-state index is 6.01. The van der Waals surface area contributed by atoms with Crippen molar-refractivity contribution < 1.29 is 0 Å². The average Bonchev–Trinajstić information content (AvgIpc) is 2.37. The molecule has 0 saturated heterocycles. The van der Waals surface area contributed by atoms with Gasteiger partial charge in [0, 0.05) is 18.3 Å². The number of nitrogens with two attached hydrogens (primary N) is 1. The molecule has 0 fully saturated rings. The highest BCUT2D eigenvalue weighted by Gasteiger charge is 2.14. The Balaban J connectivity index is 2.29. The first-order valence-electron chi connectivity index (χ1n) is 6.47. The summed E-state index contributed by atoms with van der Waals surface area (Å²) in [6, 6.07) is 10.3. The summed E-state index contributed by atoms with van der Waals surface area (Å²) in [5, 5.41) is 8.25. The first kappa shape index (κ1) is 13.3.